The first kappa shape index (κ1) is 14.8. The van der Waals surface area contributed by atoms with E-state index in [4.69, 9.17) is 9.72 Å². The van der Waals surface area contributed by atoms with Gasteiger partial charge in [-0.1, -0.05) is 0 Å². The zero-order valence-corrected chi connectivity index (χ0v) is 13.5. The number of aromatic nitrogens is 1. The zero-order valence-electron chi connectivity index (χ0n) is 13.5. The van der Waals surface area contributed by atoms with Crippen LogP contribution in [-0.4, -0.2) is 56.3 Å². The van der Waals surface area contributed by atoms with Crippen molar-refractivity contribution < 1.29 is 4.74 Å². The monoisotopic (exact) mass is 289 g/mol. The third-order valence-electron chi connectivity index (χ3n) is 4.82. The van der Waals surface area contributed by atoms with E-state index in [-0.39, 0.29) is 0 Å². The molecule has 0 radical (unpaired) electrons. The average molecular weight is 289 g/mol. The molecule has 4 nitrogen and oxygen atoms in total. The van der Waals surface area contributed by atoms with Gasteiger partial charge in [0.15, 0.2) is 0 Å². The summed E-state index contributed by atoms with van der Waals surface area (Å²) in [6.07, 6.45) is 3.62. The summed E-state index contributed by atoms with van der Waals surface area (Å²) < 4.78 is 5.48. The first-order valence-corrected chi connectivity index (χ1v) is 8.11. The highest BCUT2D eigenvalue weighted by atomic mass is 16.5. The van der Waals surface area contributed by atoms with E-state index in [0.717, 1.165) is 31.5 Å². The minimum atomic E-state index is 0.589. The molecule has 2 saturated heterocycles. The SMILES string of the molecule is Cc1cc(N(C)C)cc(C2CCN(C3CCOCC3)C2)n1. The van der Waals surface area contributed by atoms with E-state index < -0.39 is 0 Å². The minimum Gasteiger partial charge on any atom is -0.381 e. The van der Waals surface area contributed by atoms with Crippen molar-refractivity contribution in [2.75, 3.05) is 45.3 Å². The average Bonchev–Trinajstić information content (AvgIpc) is 2.97. The second kappa shape index (κ2) is 6.32. The fraction of sp³-hybridized carbons (Fsp3) is 0.706. The lowest BCUT2D eigenvalue weighted by Crippen LogP contribution is -2.37. The molecule has 0 saturated carbocycles. The van der Waals surface area contributed by atoms with Gasteiger partial charge in [-0.25, -0.2) is 0 Å². The van der Waals surface area contributed by atoms with Crippen LogP contribution in [0.15, 0.2) is 12.1 Å². The van der Waals surface area contributed by atoms with E-state index in [1.54, 1.807) is 0 Å². The van der Waals surface area contributed by atoms with Gasteiger partial charge in [-0.3, -0.25) is 9.88 Å². The fourth-order valence-electron chi connectivity index (χ4n) is 3.55. The lowest BCUT2D eigenvalue weighted by Gasteiger charge is -2.31. The van der Waals surface area contributed by atoms with Crippen molar-refractivity contribution in [3.05, 3.63) is 23.5 Å². The number of ether oxygens (including phenoxy) is 1. The van der Waals surface area contributed by atoms with Crippen LogP contribution in [0.1, 0.15) is 36.6 Å². The predicted octanol–water partition coefficient (Wildman–Crippen LogP) is 2.42. The number of hydrogen-bond acceptors (Lipinski definition) is 4. The van der Waals surface area contributed by atoms with Gasteiger partial charge < -0.3 is 9.64 Å². The Labute approximate surface area is 128 Å². The van der Waals surface area contributed by atoms with E-state index in [2.05, 4.69) is 43.0 Å². The van der Waals surface area contributed by atoms with Crippen LogP contribution in [0.3, 0.4) is 0 Å². The van der Waals surface area contributed by atoms with Crippen LogP contribution < -0.4 is 4.90 Å². The number of hydrogen-bond donors (Lipinski definition) is 0. The van der Waals surface area contributed by atoms with Crippen LogP contribution in [-0.2, 0) is 4.74 Å². The Bertz CT molecular complexity index is 483. The molecule has 4 heteroatoms. The van der Waals surface area contributed by atoms with E-state index in [9.17, 15) is 0 Å². The smallest absolute Gasteiger partial charge is 0.0480 e. The Hall–Kier alpha value is -1.13. The molecule has 2 aliphatic heterocycles. The first-order valence-electron chi connectivity index (χ1n) is 8.11. The second-order valence-corrected chi connectivity index (χ2v) is 6.61. The maximum absolute atomic E-state index is 5.48. The molecule has 0 N–H and O–H groups in total. The molecule has 3 heterocycles. The number of likely N-dealkylation sites (tertiary alicyclic amines) is 1. The second-order valence-electron chi connectivity index (χ2n) is 6.61. The van der Waals surface area contributed by atoms with Crippen molar-refractivity contribution in [1.29, 1.82) is 0 Å². The molecule has 21 heavy (non-hydrogen) atoms. The van der Waals surface area contributed by atoms with Crippen molar-refractivity contribution in [3.8, 4) is 0 Å². The van der Waals surface area contributed by atoms with Gasteiger partial charge in [-0.2, -0.15) is 0 Å². The van der Waals surface area contributed by atoms with Gasteiger partial charge in [0.25, 0.3) is 0 Å². The Kier molecular flexibility index (Phi) is 4.45. The zero-order chi connectivity index (χ0) is 14.8. The third kappa shape index (κ3) is 3.38. The number of pyridine rings is 1. The molecule has 1 atom stereocenters. The summed E-state index contributed by atoms with van der Waals surface area (Å²) >= 11 is 0. The Morgan fingerprint density at radius 3 is 2.67 bits per heavy atom. The molecule has 1 aromatic rings. The summed E-state index contributed by atoms with van der Waals surface area (Å²) in [4.78, 5) is 9.63. The van der Waals surface area contributed by atoms with Crippen molar-refractivity contribution >= 4 is 5.69 Å². The summed E-state index contributed by atoms with van der Waals surface area (Å²) in [6.45, 7) is 6.33. The van der Waals surface area contributed by atoms with Crippen LogP contribution in [0.2, 0.25) is 0 Å². The number of aryl methyl sites for hydroxylation is 1. The van der Waals surface area contributed by atoms with E-state index >= 15 is 0 Å². The third-order valence-corrected chi connectivity index (χ3v) is 4.82. The highest BCUT2D eigenvalue weighted by Gasteiger charge is 2.30. The molecule has 1 unspecified atom stereocenters. The molecule has 2 fully saturated rings. The van der Waals surface area contributed by atoms with Crippen molar-refractivity contribution in [2.24, 2.45) is 0 Å². The van der Waals surface area contributed by atoms with Gasteiger partial charge >= 0.3 is 0 Å². The van der Waals surface area contributed by atoms with Gasteiger partial charge in [0.05, 0.1) is 0 Å². The summed E-state index contributed by atoms with van der Waals surface area (Å²) in [5.41, 5.74) is 3.66. The highest BCUT2D eigenvalue weighted by molar-refractivity contribution is 5.47. The molecule has 0 spiro atoms. The molecule has 0 aliphatic carbocycles. The summed E-state index contributed by atoms with van der Waals surface area (Å²) in [7, 11) is 4.20. The van der Waals surface area contributed by atoms with Crippen LogP contribution in [0, 0.1) is 6.92 Å². The quantitative estimate of drug-likeness (QED) is 0.854. The maximum Gasteiger partial charge on any atom is 0.0480 e. The molecule has 0 bridgehead atoms. The van der Waals surface area contributed by atoms with Crippen LogP contribution in [0.5, 0.6) is 0 Å². The number of rotatable bonds is 3. The normalized spacial score (nSPS) is 24.4. The molecule has 0 aromatic carbocycles. The Morgan fingerprint density at radius 2 is 1.95 bits per heavy atom. The van der Waals surface area contributed by atoms with Gasteiger partial charge in [-0.15, -0.1) is 0 Å². The predicted molar refractivity (Wildman–Crippen MR) is 86.1 cm³/mol. The molecule has 1 aromatic heterocycles. The van der Waals surface area contributed by atoms with Crippen LogP contribution >= 0.6 is 0 Å². The molecule has 3 rings (SSSR count). The standard InChI is InChI=1S/C17H27N3O/c1-13-10-16(19(2)3)11-17(18-13)14-4-7-20(12-14)15-5-8-21-9-6-15/h10-11,14-15H,4-9,12H2,1-3H3. The fourth-order valence-corrected chi connectivity index (χ4v) is 3.55. The van der Waals surface area contributed by atoms with E-state index in [0.29, 0.717) is 5.92 Å². The van der Waals surface area contributed by atoms with Crippen LogP contribution in [0.4, 0.5) is 5.69 Å². The molecular formula is C17H27N3O. The summed E-state index contributed by atoms with van der Waals surface area (Å²) in [5.74, 6) is 0.589. The van der Waals surface area contributed by atoms with Gasteiger partial charge in [0.1, 0.15) is 0 Å². The largest absolute Gasteiger partial charge is 0.381 e. The van der Waals surface area contributed by atoms with Crippen LogP contribution in [0.25, 0.3) is 0 Å². The molecule has 116 valence electrons. The van der Waals surface area contributed by atoms with Crippen molar-refractivity contribution in [1.82, 2.24) is 9.88 Å². The Morgan fingerprint density at radius 1 is 1.19 bits per heavy atom. The summed E-state index contributed by atoms with van der Waals surface area (Å²) in [5, 5.41) is 0. The van der Waals surface area contributed by atoms with E-state index in [1.807, 2.05) is 0 Å². The van der Waals surface area contributed by atoms with Gasteiger partial charge in [0, 0.05) is 62.9 Å². The number of nitrogens with zero attached hydrogens (tertiary/aromatic N) is 3. The minimum absolute atomic E-state index is 0.589. The molecular weight excluding hydrogens is 262 g/mol. The Balaban J connectivity index is 1.70. The molecule has 2 aliphatic rings. The first-order chi connectivity index (χ1) is 10.1. The topological polar surface area (TPSA) is 28.6 Å². The van der Waals surface area contributed by atoms with Crippen molar-refractivity contribution in [3.63, 3.8) is 0 Å². The summed E-state index contributed by atoms with van der Waals surface area (Å²) in [6, 6.07) is 5.15. The lowest BCUT2D eigenvalue weighted by atomic mass is 10.0. The van der Waals surface area contributed by atoms with Crippen molar-refractivity contribution in [2.45, 2.75) is 38.1 Å². The van der Waals surface area contributed by atoms with Gasteiger partial charge in [0.2, 0.25) is 0 Å². The van der Waals surface area contributed by atoms with E-state index in [1.165, 1.54) is 37.2 Å². The highest BCUT2D eigenvalue weighted by Crippen LogP contribution is 2.31. The number of anilines is 1. The molecule has 0 amide bonds. The van der Waals surface area contributed by atoms with Gasteiger partial charge in [-0.05, 0) is 44.9 Å². The lowest BCUT2D eigenvalue weighted by molar-refractivity contribution is 0.0419. The maximum atomic E-state index is 5.48.